The van der Waals surface area contributed by atoms with Crippen molar-refractivity contribution in [2.75, 3.05) is 13.1 Å². The molecule has 0 bridgehead atoms. The van der Waals surface area contributed by atoms with Crippen LogP contribution in [0.15, 0.2) is 41.0 Å². The van der Waals surface area contributed by atoms with E-state index in [1.54, 1.807) is 12.3 Å². The summed E-state index contributed by atoms with van der Waals surface area (Å²) < 4.78 is 5.67. The third-order valence-corrected chi connectivity index (χ3v) is 4.92. The van der Waals surface area contributed by atoms with Gasteiger partial charge in [0, 0.05) is 23.4 Å². The Kier molecular flexibility index (Phi) is 3.43. The van der Waals surface area contributed by atoms with Gasteiger partial charge in [0.25, 0.3) is 0 Å². The number of rotatable bonds is 1. The molecular weight excluding hydrogens is 314 g/mol. The van der Waals surface area contributed by atoms with Gasteiger partial charge in [0.05, 0.1) is 11.3 Å². The lowest BCUT2D eigenvalue weighted by molar-refractivity contribution is 0.402. The Labute approximate surface area is 138 Å². The number of nitrogens with one attached hydrogen (secondary N) is 1. The van der Waals surface area contributed by atoms with Crippen molar-refractivity contribution in [3.05, 3.63) is 58.3 Å². The number of phenolic OH excluding ortho intramolecular Hbond substituents is 2. The molecule has 4 rings (SSSR count). The average molecular weight is 330 g/mol. The Morgan fingerprint density at radius 1 is 1.17 bits per heavy atom. The van der Waals surface area contributed by atoms with Crippen molar-refractivity contribution >= 4 is 22.6 Å². The smallest absolute Gasteiger partial charge is 0.176 e. The molecule has 3 N–H and O–H groups in total. The molecular formula is C18H16ClNO3. The summed E-state index contributed by atoms with van der Waals surface area (Å²) in [5, 5.41) is 24.6. The van der Waals surface area contributed by atoms with Crippen LogP contribution < -0.4 is 5.32 Å². The van der Waals surface area contributed by atoms with Crippen molar-refractivity contribution in [2.45, 2.75) is 12.3 Å². The van der Waals surface area contributed by atoms with Gasteiger partial charge in [-0.1, -0.05) is 29.8 Å². The van der Waals surface area contributed by atoms with Gasteiger partial charge in [-0.3, -0.25) is 0 Å². The summed E-state index contributed by atoms with van der Waals surface area (Å²) in [5.41, 5.74) is 3.69. The van der Waals surface area contributed by atoms with Crippen LogP contribution in [0.1, 0.15) is 22.6 Å². The Morgan fingerprint density at radius 2 is 2.04 bits per heavy atom. The number of benzene rings is 2. The lowest BCUT2D eigenvalue weighted by atomic mass is 9.87. The number of fused-ring (bicyclic) bond motifs is 2. The molecule has 2 aromatic carbocycles. The minimum Gasteiger partial charge on any atom is -0.504 e. The van der Waals surface area contributed by atoms with E-state index in [0.29, 0.717) is 13.0 Å². The highest BCUT2D eigenvalue weighted by atomic mass is 35.5. The molecule has 1 aliphatic rings. The molecule has 2 heterocycles. The number of furan rings is 1. The van der Waals surface area contributed by atoms with Crippen molar-refractivity contribution in [1.82, 2.24) is 5.32 Å². The molecule has 0 saturated heterocycles. The van der Waals surface area contributed by atoms with Crippen LogP contribution >= 0.6 is 11.6 Å². The van der Waals surface area contributed by atoms with E-state index in [0.717, 1.165) is 34.2 Å². The summed E-state index contributed by atoms with van der Waals surface area (Å²) in [6.07, 6.45) is 2.38. The van der Waals surface area contributed by atoms with E-state index in [1.165, 1.54) is 0 Å². The van der Waals surface area contributed by atoms with E-state index in [1.807, 2.05) is 24.3 Å². The van der Waals surface area contributed by atoms with Gasteiger partial charge in [-0.05, 0) is 36.2 Å². The van der Waals surface area contributed by atoms with Gasteiger partial charge in [0.1, 0.15) is 5.58 Å². The number of phenols is 2. The average Bonchev–Trinajstić information content (AvgIpc) is 2.94. The highest BCUT2D eigenvalue weighted by Gasteiger charge is 2.27. The Hall–Kier alpha value is -2.17. The van der Waals surface area contributed by atoms with E-state index in [9.17, 15) is 10.2 Å². The SMILES string of the molecule is Oc1cc2c(c(Cl)c1O)CCNCC2c1cccc2ccoc12. The number of para-hydroxylation sites is 1. The van der Waals surface area contributed by atoms with E-state index in [2.05, 4.69) is 5.32 Å². The molecule has 118 valence electrons. The largest absolute Gasteiger partial charge is 0.504 e. The summed E-state index contributed by atoms with van der Waals surface area (Å²) in [5.74, 6) is -0.444. The molecule has 0 fully saturated rings. The van der Waals surface area contributed by atoms with Gasteiger partial charge < -0.3 is 19.9 Å². The molecule has 0 radical (unpaired) electrons. The second kappa shape index (κ2) is 5.48. The summed E-state index contributed by atoms with van der Waals surface area (Å²) in [6.45, 7) is 1.48. The third-order valence-electron chi connectivity index (χ3n) is 4.52. The van der Waals surface area contributed by atoms with E-state index in [-0.39, 0.29) is 22.4 Å². The maximum absolute atomic E-state index is 10.0. The van der Waals surface area contributed by atoms with Crippen LogP contribution in [0.25, 0.3) is 11.0 Å². The second-order valence-electron chi connectivity index (χ2n) is 5.82. The number of hydrogen-bond acceptors (Lipinski definition) is 4. The van der Waals surface area contributed by atoms with Crippen molar-refractivity contribution in [1.29, 1.82) is 0 Å². The van der Waals surface area contributed by atoms with Crippen molar-refractivity contribution in [3.63, 3.8) is 0 Å². The number of aromatic hydroxyl groups is 2. The maximum Gasteiger partial charge on any atom is 0.176 e. The van der Waals surface area contributed by atoms with Crippen molar-refractivity contribution in [2.24, 2.45) is 0 Å². The first-order valence-electron chi connectivity index (χ1n) is 7.57. The zero-order chi connectivity index (χ0) is 16.0. The first kappa shape index (κ1) is 14.4. The normalized spacial score (nSPS) is 17.9. The fraction of sp³-hybridized carbons (Fsp3) is 0.222. The van der Waals surface area contributed by atoms with Crippen LogP contribution in [0.2, 0.25) is 5.02 Å². The minimum atomic E-state index is -0.248. The molecule has 0 amide bonds. The van der Waals surface area contributed by atoms with Crippen LogP contribution in [-0.2, 0) is 6.42 Å². The summed E-state index contributed by atoms with van der Waals surface area (Å²) >= 11 is 6.28. The lowest BCUT2D eigenvalue weighted by Gasteiger charge is -2.20. The summed E-state index contributed by atoms with van der Waals surface area (Å²) in [6, 6.07) is 9.60. The third kappa shape index (κ3) is 2.26. The molecule has 4 nitrogen and oxygen atoms in total. The Balaban J connectivity index is 1.96. The lowest BCUT2D eigenvalue weighted by Crippen LogP contribution is -2.21. The molecule has 1 unspecified atom stereocenters. The standard InChI is InChI=1S/C18H16ClNO3/c19-16-11-4-6-20-9-14(13(11)8-15(21)17(16)22)12-3-1-2-10-5-7-23-18(10)12/h1-3,5,7-8,14,20-22H,4,6,9H2. The molecule has 1 aromatic heterocycles. The predicted molar refractivity (Wildman–Crippen MR) is 89.4 cm³/mol. The fourth-order valence-corrected chi connectivity index (χ4v) is 3.69. The quantitative estimate of drug-likeness (QED) is 0.594. The maximum atomic E-state index is 10.0. The van der Waals surface area contributed by atoms with Gasteiger partial charge in [-0.25, -0.2) is 0 Å². The van der Waals surface area contributed by atoms with Gasteiger partial charge in [0.15, 0.2) is 11.5 Å². The van der Waals surface area contributed by atoms with E-state index < -0.39 is 0 Å². The van der Waals surface area contributed by atoms with Gasteiger partial charge >= 0.3 is 0 Å². The first-order valence-corrected chi connectivity index (χ1v) is 7.94. The minimum absolute atomic E-state index is 0.00801. The predicted octanol–water partition coefficient (Wildman–Crippen LogP) is 3.78. The molecule has 1 aliphatic heterocycles. The van der Waals surface area contributed by atoms with Gasteiger partial charge in [-0.15, -0.1) is 0 Å². The molecule has 23 heavy (non-hydrogen) atoms. The second-order valence-corrected chi connectivity index (χ2v) is 6.20. The number of hydrogen-bond donors (Lipinski definition) is 3. The van der Waals surface area contributed by atoms with Crippen LogP contribution in [-0.4, -0.2) is 23.3 Å². The fourth-order valence-electron chi connectivity index (χ4n) is 3.39. The van der Waals surface area contributed by atoms with Crippen LogP contribution in [0.5, 0.6) is 11.5 Å². The molecule has 0 saturated carbocycles. The molecule has 1 atom stereocenters. The molecule has 5 heteroatoms. The van der Waals surface area contributed by atoms with Crippen LogP contribution in [0, 0.1) is 0 Å². The van der Waals surface area contributed by atoms with Crippen molar-refractivity contribution in [3.8, 4) is 11.5 Å². The highest BCUT2D eigenvalue weighted by Crippen LogP contribution is 2.43. The van der Waals surface area contributed by atoms with Gasteiger partial charge in [-0.2, -0.15) is 0 Å². The monoisotopic (exact) mass is 329 g/mol. The first-order chi connectivity index (χ1) is 11.2. The zero-order valence-corrected chi connectivity index (χ0v) is 13.1. The van der Waals surface area contributed by atoms with Gasteiger partial charge in [0.2, 0.25) is 0 Å². The van der Waals surface area contributed by atoms with E-state index >= 15 is 0 Å². The highest BCUT2D eigenvalue weighted by molar-refractivity contribution is 6.33. The topological polar surface area (TPSA) is 65.6 Å². The van der Waals surface area contributed by atoms with Crippen molar-refractivity contribution < 1.29 is 14.6 Å². The van der Waals surface area contributed by atoms with E-state index in [4.69, 9.17) is 16.0 Å². The summed E-state index contributed by atoms with van der Waals surface area (Å²) in [7, 11) is 0. The Morgan fingerprint density at radius 3 is 2.91 bits per heavy atom. The molecule has 0 spiro atoms. The summed E-state index contributed by atoms with van der Waals surface area (Å²) in [4.78, 5) is 0. The van der Waals surface area contributed by atoms with Crippen LogP contribution in [0.4, 0.5) is 0 Å². The number of halogens is 1. The van der Waals surface area contributed by atoms with Crippen LogP contribution in [0.3, 0.4) is 0 Å². The Bertz CT molecular complexity index is 887. The molecule has 0 aliphatic carbocycles. The molecule has 3 aromatic rings. The zero-order valence-electron chi connectivity index (χ0n) is 12.3.